The summed E-state index contributed by atoms with van der Waals surface area (Å²) >= 11 is 0. The number of aliphatic hydroxyl groups excluding tert-OH is 1. The lowest BCUT2D eigenvalue weighted by Crippen LogP contribution is -2.20. The summed E-state index contributed by atoms with van der Waals surface area (Å²) in [7, 11) is 0. The van der Waals surface area contributed by atoms with E-state index >= 15 is 0 Å². The van der Waals surface area contributed by atoms with Crippen molar-refractivity contribution in [2.24, 2.45) is 5.92 Å². The summed E-state index contributed by atoms with van der Waals surface area (Å²) in [4.78, 5) is 10.4. The van der Waals surface area contributed by atoms with Crippen molar-refractivity contribution < 1.29 is 15.0 Å². The van der Waals surface area contributed by atoms with Crippen LogP contribution in [0, 0.1) is 5.92 Å². The van der Waals surface area contributed by atoms with Crippen molar-refractivity contribution in [2.45, 2.75) is 64.9 Å². The van der Waals surface area contributed by atoms with Gasteiger partial charge < -0.3 is 10.2 Å². The van der Waals surface area contributed by atoms with Gasteiger partial charge in [-0.05, 0) is 18.8 Å². The SMILES string of the molecule is CCCCCC(O)C(CC)CCC(=O)O. The molecule has 0 fully saturated rings. The zero-order valence-electron chi connectivity index (χ0n) is 9.91. The Hall–Kier alpha value is -0.570. The standard InChI is InChI=1S/C12H24O3/c1-3-5-6-7-11(13)10(4-2)8-9-12(14)15/h10-11,13H,3-9H2,1-2H3,(H,14,15). The molecule has 15 heavy (non-hydrogen) atoms. The van der Waals surface area contributed by atoms with E-state index in [9.17, 15) is 9.90 Å². The van der Waals surface area contributed by atoms with Gasteiger partial charge in [-0.15, -0.1) is 0 Å². The molecule has 2 N–H and O–H groups in total. The number of aliphatic carboxylic acids is 1. The Kier molecular flexibility index (Phi) is 8.38. The van der Waals surface area contributed by atoms with Gasteiger partial charge in [-0.1, -0.05) is 39.5 Å². The van der Waals surface area contributed by atoms with Gasteiger partial charge in [-0.3, -0.25) is 4.79 Å². The van der Waals surface area contributed by atoms with Gasteiger partial charge in [0.1, 0.15) is 0 Å². The van der Waals surface area contributed by atoms with E-state index in [4.69, 9.17) is 5.11 Å². The fourth-order valence-electron chi connectivity index (χ4n) is 1.82. The van der Waals surface area contributed by atoms with Crippen LogP contribution >= 0.6 is 0 Å². The van der Waals surface area contributed by atoms with E-state index in [-0.39, 0.29) is 18.4 Å². The van der Waals surface area contributed by atoms with Crippen LogP contribution in [-0.2, 0) is 4.79 Å². The normalized spacial score (nSPS) is 14.9. The average molecular weight is 216 g/mol. The fraction of sp³-hybridized carbons (Fsp3) is 0.917. The van der Waals surface area contributed by atoms with Crippen LogP contribution in [0.3, 0.4) is 0 Å². The number of carboxylic acids is 1. The van der Waals surface area contributed by atoms with Gasteiger partial charge in [0, 0.05) is 6.42 Å². The van der Waals surface area contributed by atoms with Crippen LogP contribution in [0.25, 0.3) is 0 Å². The molecule has 0 spiro atoms. The summed E-state index contributed by atoms with van der Waals surface area (Å²) in [5, 5.41) is 18.4. The summed E-state index contributed by atoms with van der Waals surface area (Å²) in [6.45, 7) is 4.14. The number of aliphatic hydroxyl groups is 1. The Bertz CT molecular complexity index is 168. The minimum absolute atomic E-state index is 0.151. The monoisotopic (exact) mass is 216 g/mol. The molecule has 0 aliphatic rings. The summed E-state index contributed by atoms with van der Waals surface area (Å²) < 4.78 is 0. The molecule has 0 aromatic carbocycles. The largest absolute Gasteiger partial charge is 0.481 e. The average Bonchev–Trinajstić information content (AvgIpc) is 2.18. The second-order valence-electron chi connectivity index (χ2n) is 4.16. The van der Waals surface area contributed by atoms with E-state index in [1.54, 1.807) is 0 Å². The van der Waals surface area contributed by atoms with Crippen LogP contribution in [0.15, 0.2) is 0 Å². The third-order valence-electron chi connectivity index (χ3n) is 2.90. The summed E-state index contributed by atoms with van der Waals surface area (Å²) in [5.41, 5.74) is 0. The quantitative estimate of drug-likeness (QED) is 0.583. The van der Waals surface area contributed by atoms with Gasteiger partial charge in [0.05, 0.1) is 6.10 Å². The maximum Gasteiger partial charge on any atom is 0.303 e. The van der Waals surface area contributed by atoms with E-state index in [2.05, 4.69) is 6.92 Å². The van der Waals surface area contributed by atoms with Crippen molar-refractivity contribution in [3.8, 4) is 0 Å². The maximum atomic E-state index is 10.4. The highest BCUT2D eigenvalue weighted by Gasteiger charge is 2.17. The Morgan fingerprint density at radius 1 is 1.20 bits per heavy atom. The number of carboxylic acid groups (broad SMARTS) is 1. The first-order chi connectivity index (χ1) is 7.11. The maximum absolute atomic E-state index is 10.4. The second-order valence-corrected chi connectivity index (χ2v) is 4.16. The molecule has 0 rings (SSSR count). The minimum Gasteiger partial charge on any atom is -0.481 e. The van der Waals surface area contributed by atoms with Gasteiger partial charge in [0.15, 0.2) is 0 Å². The zero-order valence-corrected chi connectivity index (χ0v) is 9.91. The van der Waals surface area contributed by atoms with Crippen molar-refractivity contribution in [1.29, 1.82) is 0 Å². The molecule has 0 aliphatic heterocycles. The van der Waals surface area contributed by atoms with Crippen LogP contribution in [-0.4, -0.2) is 22.3 Å². The lowest BCUT2D eigenvalue weighted by molar-refractivity contribution is -0.137. The Labute approximate surface area is 92.5 Å². The summed E-state index contributed by atoms with van der Waals surface area (Å²) in [6, 6.07) is 0. The van der Waals surface area contributed by atoms with Gasteiger partial charge in [0.2, 0.25) is 0 Å². The molecule has 90 valence electrons. The Morgan fingerprint density at radius 2 is 1.87 bits per heavy atom. The van der Waals surface area contributed by atoms with Crippen molar-refractivity contribution in [2.75, 3.05) is 0 Å². The van der Waals surface area contributed by atoms with E-state index in [0.717, 1.165) is 32.1 Å². The molecular formula is C12H24O3. The van der Waals surface area contributed by atoms with Crippen molar-refractivity contribution >= 4 is 5.97 Å². The molecule has 0 amide bonds. The van der Waals surface area contributed by atoms with Crippen molar-refractivity contribution in [3.63, 3.8) is 0 Å². The number of hydrogen-bond donors (Lipinski definition) is 2. The van der Waals surface area contributed by atoms with Crippen molar-refractivity contribution in [3.05, 3.63) is 0 Å². The highest BCUT2D eigenvalue weighted by Crippen LogP contribution is 2.20. The number of hydrogen-bond acceptors (Lipinski definition) is 2. The van der Waals surface area contributed by atoms with E-state index in [0.29, 0.717) is 6.42 Å². The topological polar surface area (TPSA) is 57.5 Å². The van der Waals surface area contributed by atoms with Crippen LogP contribution in [0.5, 0.6) is 0 Å². The molecule has 2 unspecified atom stereocenters. The fourth-order valence-corrected chi connectivity index (χ4v) is 1.82. The zero-order chi connectivity index (χ0) is 11.7. The Balaban J connectivity index is 3.76. The molecule has 3 heteroatoms. The van der Waals surface area contributed by atoms with Gasteiger partial charge in [0.25, 0.3) is 0 Å². The third-order valence-corrected chi connectivity index (χ3v) is 2.90. The molecular weight excluding hydrogens is 192 g/mol. The molecule has 0 aromatic heterocycles. The van der Waals surface area contributed by atoms with E-state index < -0.39 is 5.97 Å². The first kappa shape index (κ1) is 14.4. The van der Waals surface area contributed by atoms with Crippen LogP contribution in [0.1, 0.15) is 58.8 Å². The van der Waals surface area contributed by atoms with E-state index in [1.807, 2.05) is 6.92 Å². The predicted octanol–water partition coefficient (Wildman–Crippen LogP) is 2.82. The number of rotatable bonds is 9. The lowest BCUT2D eigenvalue weighted by Gasteiger charge is -2.20. The summed E-state index contributed by atoms with van der Waals surface area (Å²) in [5.74, 6) is -0.618. The lowest BCUT2D eigenvalue weighted by atomic mass is 9.91. The first-order valence-electron chi connectivity index (χ1n) is 6.01. The highest BCUT2D eigenvalue weighted by atomic mass is 16.4. The molecule has 0 heterocycles. The van der Waals surface area contributed by atoms with E-state index in [1.165, 1.54) is 0 Å². The molecule has 3 nitrogen and oxygen atoms in total. The predicted molar refractivity (Wildman–Crippen MR) is 60.8 cm³/mol. The third kappa shape index (κ3) is 7.37. The van der Waals surface area contributed by atoms with Crippen LogP contribution < -0.4 is 0 Å². The molecule has 0 bridgehead atoms. The van der Waals surface area contributed by atoms with Gasteiger partial charge in [-0.25, -0.2) is 0 Å². The molecule has 0 aromatic rings. The molecule has 2 atom stereocenters. The number of unbranched alkanes of at least 4 members (excludes halogenated alkanes) is 2. The number of carbonyl (C=O) groups is 1. The molecule has 0 saturated carbocycles. The smallest absolute Gasteiger partial charge is 0.303 e. The summed E-state index contributed by atoms with van der Waals surface area (Å²) in [6.07, 6.45) is 5.46. The molecule has 0 aliphatic carbocycles. The molecule has 0 radical (unpaired) electrons. The Morgan fingerprint density at radius 3 is 2.33 bits per heavy atom. The van der Waals surface area contributed by atoms with Gasteiger partial charge >= 0.3 is 5.97 Å². The molecule has 0 saturated heterocycles. The van der Waals surface area contributed by atoms with Crippen LogP contribution in [0.4, 0.5) is 0 Å². The van der Waals surface area contributed by atoms with Crippen molar-refractivity contribution in [1.82, 2.24) is 0 Å². The highest BCUT2D eigenvalue weighted by molar-refractivity contribution is 5.66. The first-order valence-corrected chi connectivity index (χ1v) is 6.01. The van der Waals surface area contributed by atoms with Crippen LogP contribution in [0.2, 0.25) is 0 Å². The second kappa shape index (κ2) is 8.72. The minimum atomic E-state index is -0.769. The van der Waals surface area contributed by atoms with Gasteiger partial charge in [-0.2, -0.15) is 0 Å².